The molecule has 1 aromatic heterocycles. The molecule has 1 aromatic carbocycles. The van der Waals surface area contributed by atoms with E-state index in [1.54, 1.807) is 7.05 Å². The van der Waals surface area contributed by atoms with Gasteiger partial charge in [0.05, 0.1) is 12.2 Å². The lowest BCUT2D eigenvalue weighted by Gasteiger charge is -2.22. The summed E-state index contributed by atoms with van der Waals surface area (Å²) in [7, 11) is 5.80. The van der Waals surface area contributed by atoms with Crippen LogP contribution in [-0.4, -0.2) is 47.9 Å². The maximum atomic E-state index is 5.76. The maximum absolute atomic E-state index is 5.76. The number of rotatable bonds is 7. The second-order valence-electron chi connectivity index (χ2n) is 6.86. The Morgan fingerprint density at radius 3 is 2.62 bits per heavy atom. The Balaban J connectivity index is 1.85. The van der Waals surface area contributed by atoms with Crippen molar-refractivity contribution in [2.75, 3.05) is 27.2 Å². The number of nitrogens with zero attached hydrogens (tertiary/aromatic N) is 4. The molecule has 0 aliphatic rings. The van der Waals surface area contributed by atoms with Crippen LogP contribution < -0.4 is 10.1 Å². The summed E-state index contributed by atoms with van der Waals surface area (Å²) in [5, 5.41) is 7.92. The van der Waals surface area contributed by atoms with Crippen molar-refractivity contribution in [2.45, 2.75) is 33.2 Å². The van der Waals surface area contributed by atoms with E-state index in [0.29, 0.717) is 19.1 Å². The molecule has 26 heavy (non-hydrogen) atoms. The molecule has 2 rings (SSSR count). The first-order valence-corrected chi connectivity index (χ1v) is 9.04. The Morgan fingerprint density at radius 2 is 2.00 bits per heavy atom. The normalized spacial score (nSPS) is 11.7. The minimum atomic E-state index is 0.400. The average Bonchev–Trinajstić information content (AvgIpc) is 2.97. The van der Waals surface area contributed by atoms with Gasteiger partial charge in [0.15, 0.2) is 5.96 Å². The molecule has 0 fully saturated rings. The van der Waals surface area contributed by atoms with Crippen LogP contribution in [0, 0.1) is 6.92 Å². The lowest BCUT2D eigenvalue weighted by molar-refractivity contribution is 0.319. The second-order valence-corrected chi connectivity index (χ2v) is 6.86. The van der Waals surface area contributed by atoms with E-state index in [4.69, 9.17) is 4.74 Å². The third-order valence-electron chi connectivity index (χ3n) is 4.14. The van der Waals surface area contributed by atoms with Crippen LogP contribution in [-0.2, 0) is 13.6 Å². The zero-order valence-corrected chi connectivity index (χ0v) is 16.8. The highest BCUT2D eigenvalue weighted by Crippen LogP contribution is 2.18. The minimum Gasteiger partial charge on any atom is -0.492 e. The number of ether oxygens (including phenoxy) is 1. The highest BCUT2D eigenvalue weighted by Gasteiger charge is 2.14. The molecule has 2 aromatic rings. The van der Waals surface area contributed by atoms with Gasteiger partial charge in [-0.1, -0.05) is 31.5 Å². The topological polar surface area (TPSA) is 54.7 Å². The summed E-state index contributed by atoms with van der Waals surface area (Å²) in [6.45, 7) is 8.44. The monoisotopic (exact) mass is 357 g/mol. The van der Waals surface area contributed by atoms with Gasteiger partial charge < -0.3 is 15.0 Å². The van der Waals surface area contributed by atoms with E-state index in [2.05, 4.69) is 59.4 Å². The summed E-state index contributed by atoms with van der Waals surface area (Å²) >= 11 is 0. The van der Waals surface area contributed by atoms with Crippen LogP contribution in [0.15, 0.2) is 35.5 Å². The maximum Gasteiger partial charge on any atom is 0.193 e. The molecule has 0 saturated heterocycles. The van der Waals surface area contributed by atoms with E-state index in [1.165, 1.54) is 11.1 Å². The molecular weight excluding hydrogens is 326 g/mol. The van der Waals surface area contributed by atoms with Crippen LogP contribution in [0.25, 0.3) is 0 Å². The zero-order valence-electron chi connectivity index (χ0n) is 16.8. The summed E-state index contributed by atoms with van der Waals surface area (Å²) < 4.78 is 7.64. The summed E-state index contributed by atoms with van der Waals surface area (Å²) in [5.41, 5.74) is 3.59. The fraction of sp³-hybridized carbons (Fsp3) is 0.500. The van der Waals surface area contributed by atoms with Crippen molar-refractivity contribution in [3.8, 4) is 5.75 Å². The average molecular weight is 358 g/mol. The number of aromatic nitrogens is 2. The molecule has 142 valence electrons. The summed E-state index contributed by atoms with van der Waals surface area (Å²) in [4.78, 5) is 6.48. The summed E-state index contributed by atoms with van der Waals surface area (Å²) in [6.07, 6.45) is 2.08. The third-order valence-corrected chi connectivity index (χ3v) is 4.14. The lowest BCUT2D eigenvalue weighted by atomic mass is 10.1. The van der Waals surface area contributed by atoms with E-state index < -0.39 is 0 Å². The van der Waals surface area contributed by atoms with Crippen LogP contribution in [0.1, 0.15) is 36.6 Å². The van der Waals surface area contributed by atoms with Crippen molar-refractivity contribution in [2.24, 2.45) is 12.0 Å². The first-order chi connectivity index (χ1) is 12.4. The summed E-state index contributed by atoms with van der Waals surface area (Å²) in [6, 6.07) is 8.09. The number of hydrogen-bond acceptors (Lipinski definition) is 3. The molecule has 0 unspecified atom stereocenters. The molecule has 0 spiro atoms. The van der Waals surface area contributed by atoms with Gasteiger partial charge in [0, 0.05) is 39.4 Å². The molecule has 6 heteroatoms. The highest BCUT2D eigenvalue weighted by atomic mass is 16.5. The SMILES string of the molecule is CN=C(NCCOc1ccc(C)cc1)N(C)Cc1cn(C)nc1C(C)C. The largest absolute Gasteiger partial charge is 0.492 e. The van der Waals surface area contributed by atoms with Crippen molar-refractivity contribution in [3.63, 3.8) is 0 Å². The van der Waals surface area contributed by atoms with Crippen LogP contribution in [0.3, 0.4) is 0 Å². The third kappa shape index (κ3) is 5.51. The van der Waals surface area contributed by atoms with Gasteiger partial charge in [-0.2, -0.15) is 5.10 Å². The number of aryl methyl sites for hydroxylation is 2. The molecule has 0 aliphatic carbocycles. The molecule has 1 heterocycles. The molecule has 0 radical (unpaired) electrons. The Kier molecular flexibility index (Phi) is 7.06. The molecule has 0 saturated carbocycles. The number of hydrogen-bond donors (Lipinski definition) is 1. The predicted octanol–water partition coefficient (Wildman–Crippen LogP) is 2.94. The van der Waals surface area contributed by atoms with Crippen molar-refractivity contribution in [1.29, 1.82) is 0 Å². The Bertz CT molecular complexity index is 718. The molecule has 0 atom stereocenters. The molecule has 0 aliphatic heterocycles. The van der Waals surface area contributed by atoms with E-state index in [-0.39, 0.29) is 0 Å². The van der Waals surface area contributed by atoms with Crippen molar-refractivity contribution < 1.29 is 4.74 Å². The van der Waals surface area contributed by atoms with Gasteiger partial charge in [-0.25, -0.2) is 0 Å². The molecular formula is C20H31N5O. The molecule has 0 bridgehead atoms. The van der Waals surface area contributed by atoms with E-state index >= 15 is 0 Å². The van der Waals surface area contributed by atoms with Gasteiger partial charge in [0.2, 0.25) is 0 Å². The Morgan fingerprint density at radius 1 is 1.31 bits per heavy atom. The van der Waals surface area contributed by atoms with Crippen molar-refractivity contribution in [1.82, 2.24) is 20.0 Å². The smallest absolute Gasteiger partial charge is 0.193 e. The van der Waals surface area contributed by atoms with Crippen LogP contribution in [0.4, 0.5) is 0 Å². The van der Waals surface area contributed by atoms with Gasteiger partial charge in [0.1, 0.15) is 12.4 Å². The van der Waals surface area contributed by atoms with E-state index in [0.717, 1.165) is 23.9 Å². The second kappa shape index (κ2) is 9.27. The Hall–Kier alpha value is -2.50. The van der Waals surface area contributed by atoms with E-state index in [1.807, 2.05) is 30.9 Å². The molecule has 0 amide bonds. The predicted molar refractivity (Wildman–Crippen MR) is 107 cm³/mol. The van der Waals surface area contributed by atoms with Crippen LogP contribution in [0.5, 0.6) is 5.75 Å². The van der Waals surface area contributed by atoms with E-state index in [9.17, 15) is 0 Å². The van der Waals surface area contributed by atoms with Crippen molar-refractivity contribution >= 4 is 5.96 Å². The standard InChI is InChI=1S/C20H31N5O/c1-15(2)19-17(14-25(6)23-19)13-24(5)20(21-4)22-11-12-26-18-9-7-16(3)8-10-18/h7-10,14-15H,11-13H2,1-6H3,(H,21,22). The van der Waals surface area contributed by atoms with Gasteiger partial charge in [0.25, 0.3) is 0 Å². The van der Waals surface area contributed by atoms with Gasteiger partial charge in [-0.15, -0.1) is 0 Å². The van der Waals surface area contributed by atoms with Crippen LogP contribution in [0.2, 0.25) is 0 Å². The van der Waals surface area contributed by atoms with Crippen molar-refractivity contribution in [3.05, 3.63) is 47.3 Å². The van der Waals surface area contributed by atoms with Gasteiger partial charge in [-0.05, 0) is 25.0 Å². The number of benzene rings is 1. The van der Waals surface area contributed by atoms with Gasteiger partial charge in [-0.3, -0.25) is 9.67 Å². The fourth-order valence-electron chi connectivity index (χ4n) is 2.84. The lowest BCUT2D eigenvalue weighted by Crippen LogP contribution is -2.40. The zero-order chi connectivity index (χ0) is 19.1. The first kappa shape index (κ1) is 19.8. The number of aliphatic imine (C=N–C) groups is 1. The highest BCUT2D eigenvalue weighted by molar-refractivity contribution is 5.79. The first-order valence-electron chi connectivity index (χ1n) is 9.04. The minimum absolute atomic E-state index is 0.400. The number of guanidine groups is 1. The number of nitrogens with one attached hydrogen (secondary N) is 1. The van der Waals surface area contributed by atoms with Gasteiger partial charge >= 0.3 is 0 Å². The van der Waals surface area contributed by atoms with Crippen LogP contribution >= 0.6 is 0 Å². The fourth-order valence-corrected chi connectivity index (χ4v) is 2.84. The quantitative estimate of drug-likeness (QED) is 0.470. The Labute approximate surface area is 156 Å². The molecule has 1 N–H and O–H groups in total. The molecule has 6 nitrogen and oxygen atoms in total. The summed E-state index contributed by atoms with van der Waals surface area (Å²) in [5.74, 6) is 2.13.